The minimum Gasteiger partial charge on any atom is -0.480 e. The van der Waals surface area contributed by atoms with Gasteiger partial charge < -0.3 is 38.3 Å². The largest absolute Gasteiger partial charge is 0.480 e. The minimum absolute atomic E-state index is 0.143. The number of benzene rings is 1. The Bertz CT molecular complexity index is 988. The number of hydrogen-bond donors (Lipinski definition) is 7. The molecule has 0 saturated heterocycles. The van der Waals surface area contributed by atoms with Crippen LogP contribution in [0.1, 0.15) is 51.5 Å². The van der Waals surface area contributed by atoms with Crippen LogP contribution < -0.4 is 33.2 Å². The molecule has 0 aliphatic heterocycles. The van der Waals surface area contributed by atoms with Crippen molar-refractivity contribution < 1.29 is 33.9 Å². The van der Waals surface area contributed by atoms with Gasteiger partial charge in [0.25, 0.3) is 0 Å². The Morgan fingerprint density at radius 1 is 0.816 bits per heavy atom. The normalized spacial score (nSPS) is 14.7. The zero-order chi connectivity index (χ0) is 28.8. The summed E-state index contributed by atoms with van der Waals surface area (Å²) < 4.78 is 0. The van der Waals surface area contributed by atoms with Crippen molar-refractivity contribution in [1.82, 2.24) is 16.0 Å². The molecule has 0 spiro atoms. The van der Waals surface area contributed by atoms with E-state index >= 15 is 0 Å². The smallest absolute Gasteiger partial charge is 0.326 e. The number of carbonyl (C=O) groups is 6. The van der Waals surface area contributed by atoms with Crippen LogP contribution >= 0.6 is 0 Å². The van der Waals surface area contributed by atoms with E-state index < -0.39 is 65.6 Å². The summed E-state index contributed by atoms with van der Waals surface area (Å²) in [5, 5.41) is 16.8. The molecule has 1 aromatic rings. The molecule has 210 valence electrons. The van der Waals surface area contributed by atoms with Crippen LogP contribution in [0.5, 0.6) is 0 Å². The van der Waals surface area contributed by atoms with Crippen molar-refractivity contribution >= 4 is 35.5 Å². The lowest BCUT2D eigenvalue weighted by molar-refractivity contribution is -0.143. The molecule has 0 heterocycles. The fourth-order valence-electron chi connectivity index (χ4n) is 3.56. The molecular weight excluding hydrogens is 496 g/mol. The first-order valence-corrected chi connectivity index (χ1v) is 12.4. The van der Waals surface area contributed by atoms with E-state index in [9.17, 15) is 33.9 Å². The molecule has 38 heavy (non-hydrogen) atoms. The molecule has 0 aliphatic carbocycles. The van der Waals surface area contributed by atoms with E-state index in [2.05, 4.69) is 16.0 Å². The van der Waals surface area contributed by atoms with Gasteiger partial charge in [0.2, 0.25) is 29.5 Å². The summed E-state index contributed by atoms with van der Waals surface area (Å²) in [7, 11) is 0. The van der Waals surface area contributed by atoms with Gasteiger partial charge in [-0.1, -0.05) is 50.6 Å². The van der Waals surface area contributed by atoms with Crippen molar-refractivity contribution in [1.29, 1.82) is 0 Å². The maximum Gasteiger partial charge on any atom is 0.326 e. The Hall–Kier alpha value is -4.00. The fraction of sp³-hybridized carbons (Fsp3) is 0.520. The third kappa shape index (κ3) is 11.4. The van der Waals surface area contributed by atoms with Crippen LogP contribution in [0.15, 0.2) is 30.3 Å². The highest BCUT2D eigenvalue weighted by Gasteiger charge is 2.33. The summed E-state index contributed by atoms with van der Waals surface area (Å²) in [6, 6.07) is 4.21. The predicted molar refractivity (Wildman–Crippen MR) is 138 cm³/mol. The number of amides is 5. The number of nitrogens with one attached hydrogen (secondary N) is 3. The molecule has 0 aromatic heterocycles. The van der Waals surface area contributed by atoms with Crippen LogP contribution in [0.3, 0.4) is 0 Å². The molecule has 0 aliphatic rings. The van der Waals surface area contributed by atoms with Gasteiger partial charge in [0.1, 0.15) is 18.1 Å². The highest BCUT2D eigenvalue weighted by Crippen LogP contribution is 2.11. The highest BCUT2D eigenvalue weighted by atomic mass is 16.4. The number of carboxylic acids is 1. The second kappa shape index (κ2) is 16.0. The van der Waals surface area contributed by atoms with Crippen LogP contribution in [-0.4, -0.2) is 64.8 Å². The van der Waals surface area contributed by atoms with Crippen molar-refractivity contribution in [2.24, 2.45) is 23.1 Å². The van der Waals surface area contributed by atoms with Gasteiger partial charge in [-0.05, 0) is 30.7 Å². The number of carboxylic acid groups (broad SMARTS) is 1. The Kier molecular flexibility index (Phi) is 13.5. The van der Waals surface area contributed by atoms with Crippen molar-refractivity contribution in [3.63, 3.8) is 0 Å². The average molecular weight is 535 g/mol. The molecule has 1 aromatic carbocycles. The van der Waals surface area contributed by atoms with Gasteiger partial charge in [-0.25, -0.2) is 4.79 Å². The van der Waals surface area contributed by atoms with Gasteiger partial charge in [0.05, 0.1) is 6.04 Å². The summed E-state index contributed by atoms with van der Waals surface area (Å²) >= 11 is 0. The maximum atomic E-state index is 13.2. The Morgan fingerprint density at radius 2 is 1.34 bits per heavy atom. The first-order chi connectivity index (χ1) is 17.8. The molecule has 5 amide bonds. The third-order valence-electron chi connectivity index (χ3n) is 6.03. The Balaban J connectivity index is 3.01. The van der Waals surface area contributed by atoms with E-state index in [0.29, 0.717) is 6.42 Å². The monoisotopic (exact) mass is 534 g/mol. The molecule has 0 saturated carbocycles. The zero-order valence-electron chi connectivity index (χ0n) is 21.6. The number of aliphatic carboxylic acids is 1. The van der Waals surface area contributed by atoms with Gasteiger partial charge >= 0.3 is 5.97 Å². The van der Waals surface area contributed by atoms with Crippen LogP contribution in [0, 0.1) is 5.92 Å². The van der Waals surface area contributed by atoms with Crippen LogP contribution in [-0.2, 0) is 35.2 Å². The van der Waals surface area contributed by atoms with Crippen LogP contribution in [0.25, 0.3) is 0 Å². The van der Waals surface area contributed by atoms with Gasteiger partial charge in [0, 0.05) is 12.8 Å². The number of primary amides is 2. The van der Waals surface area contributed by atoms with Crippen molar-refractivity contribution in [3.8, 4) is 0 Å². The molecule has 0 bridgehead atoms. The van der Waals surface area contributed by atoms with Crippen LogP contribution in [0.2, 0.25) is 0 Å². The SMILES string of the molecule is CCC(C)C(NC(=O)C(CCC(N)=O)NC(=O)C(N)Cc1ccccc1)C(=O)NC(CCC(N)=O)C(=O)O. The summed E-state index contributed by atoms with van der Waals surface area (Å²) in [5.74, 6) is -5.41. The average Bonchev–Trinajstić information content (AvgIpc) is 2.86. The lowest BCUT2D eigenvalue weighted by Crippen LogP contribution is -2.58. The molecule has 0 radical (unpaired) electrons. The molecule has 0 fully saturated rings. The minimum atomic E-state index is -1.40. The molecule has 13 nitrogen and oxygen atoms in total. The predicted octanol–water partition coefficient (Wildman–Crippen LogP) is -1.33. The summed E-state index contributed by atoms with van der Waals surface area (Å²) in [5.41, 5.74) is 17.1. The van der Waals surface area contributed by atoms with E-state index in [-0.39, 0.29) is 32.1 Å². The fourth-order valence-corrected chi connectivity index (χ4v) is 3.56. The maximum absolute atomic E-state index is 13.2. The summed E-state index contributed by atoms with van der Waals surface area (Å²) in [6.07, 6.45) is -0.207. The Morgan fingerprint density at radius 3 is 1.84 bits per heavy atom. The first kappa shape index (κ1) is 32.0. The Labute approximate surface area is 221 Å². The molecule has 5 atom stereocenters. The number of hydrogen-bond acceptors (Lipinski definition) is 7. The molecule has 13 heteroatoms. The molecular formula is C25H38N6O7. The summed E-state index contributed by atoms with van der Waals surface area (Å²) in [4.78, 5) is 72.9. The van der Waals surface area contributed by atoms with E-state index in [4.69, 9.17) is 17.2 Å². The van der Waals surface area contributed by atoms with Crippen molar-refractivity contribution in [2.45, 2.75) is 76.5 Å². The van der Waals surface area contributed by atoms with Crippen LogP contribution in [0.4, 0.5) is 0 Å². The second-order valence-corrected chi connectivity index (χ2v) is 9.14. The number of rotatable bonds is 17. The van der Waals surface area contributed by atoms with Crippen molar-refractivity contribution in [3.05, 3.63) is 35.9 Å². The second-order valence-electron chi connectivity index (χ2n) is 9.14. The molecule has 5 unspecified atom stereocenters. The van der Waals surface area contributed by atoms with Gasteiger partial charge in [0.15, 0.2) is 0 Å². The highest BCUT2D eigenvalue weighted by molar-refractivity contribution is 5.94. The van der Waals surface area contributed by atoms with Gasteiger partial charge in [-0.3, -0.25) is 24.0 Å². The van der Waals surface area contributed by atoms with Gasteiger partial charge in [-0.2, -0.15) is 0 Å². The van der Waals surface area contributed by atoms with E-state index in [0.717, 1.165) is 5.56 Å². The lowest BCUT2D eigenvalue weighted by atomic mass is 9.96. The van der Waals surface area contributed by atoms with E-state index in [1.165, 1.54) is 0 Å². The number of carbonyl (C=O) groups excluding carboxylic acids is 5. The zero-order valence-corrected chi connectivity index (χ0v) is 21.6. The standard InChI is InChI=1S/C25H38N6O7/c1-3-14(2)21(24(36)30-18(25(37)38)10-12-20(28)33)31-23(35)17(9-11-19(27)32)29-22(34)16(26)13-15-7-5-4-6-8-15/h4-8,14,16-18,21H,3,9-13,26H2,1-2H3,(H2,27,32)(H2,28,33)(H,29,34)(H,30,36)(H,31,35)(H,37,38). The quantitative estimate of drug-likeness (QED) is 0.126. The lowest BCUT2D eigenvalue weighted by Gasteiger charge is -2.28. The molecule has 10 N–H and O–H groups in total. The number of nitrogens with two attached hydrogens (primary N) is 3. The summed E-state index contributed by atoms with van der Waals surface area (Å²) in [6.45, 7) is 3.45. The van der Waals surface area contributed by atoms with Gasteiger partial charge in [-0.15, -0.1) is 0 Å². The third-order valence-corrected chi connectivity index (χ3v) is 6.03. The van der Waals surface area contributed by atoms with Crippen molar-refractivity contribution in [2.75, 3.05) is 0 Å². The first-order valence-electron chi connectivity index (χ1n) is 12.4. The van der Waals surface area contributed by atoms with E-state index in [1.807, 2.05) is 6.07 Å². The topological polar surface area (TPSA) is 237 Å². The molecule has 1 rings (SSSR count). The van der Waals surface area contributed by atoms with E-state index in [1.54, 1.807) is 38.1 Å².